The van der Waals surface area contributed by atoms with Crippen LogP contribution in [-0.4, -0.2) is 29.4 Å². The smallest absolute Gasteiger partial charge is 0.309 e. The van der Waals surface area contributed by atoms with Crippen molar-refractivity contribution in [1.82, 2.24) is 0 Å². The van der Waals surface area contributed by atoms with Crippen molar-refractivity contribution in [2.24, 2.45) is 5.92 Å². The van der Waals surface area contributed by atoms with Gasteiger partial charge >= 0.3 is 11.9 Å². The van der Waals surface area contributed by atoms with Crippen molar-refractivity contribution in [1.29, 1.82) is 0 Å². The van der Waals surface area contributed by atoms with E-state index < -0.39 is 25.2 Å². The zero-order valence-corrected chi connectivity index (χ0v) is 17.4. The number of hydrogen-bond acceptors (Lipinski definition) is 5. The lowest BCUT2D eigenvalue weighted by molar-refractivity contribution is -0.149. The van der Waals surface area contributed by atoms with Gasteiger partial charge < -0.3 is 14.4 Å². The summed E-state index contributed by atoms with van der Waals surface area (Å²) in [6, 6.07) is 18.5. The van der Waals surface area contributed by atoms with E-state index >= 15 is 0 Å². The van der Waals surface area contributed by atoms with Gasteiger partial charge in [0.1, 0.15) is 6.61 Å². The van der Waals surface area contributed by atoms with Crippen molar-refractivity contribution in [2.45, 2.75) is 33.0 Å². The maximum absolute atomic E-state index is 13.3. The van der Waals surface area contributed by atoms with Gasteiger partial charge in [-0.1, -0.05) is 67.6 Å². The fourth-order valence-corrected chi connectivity index (χ4v) is 5.21. The van der Waals surface area contributed by atoms with Crippen LogP contribution in [0.1, 0.15) is 30.9 Å². The summed E-state index contributed by atoms with van der Waals surface area (Å²) in [7, 11) is -3.34. The number of ether oxygens (including phenoxy) is 1. The second kappa shape index (κ2) is 11.5. The van der Waals surface area contributed by atoms with Crippen LogP contribution in [0.25, 0.3) is 0 Å². The standard InChI is InChI=1S/C22H27O6P/c1-2-20(22(25)27-15-18-9-5-3-6-10-18)17-29(26,14-13-21(23)24)28-16-19-11-7-4-8-12-19/h3-12,20H,2,13-17H2,1H3,(H,23,24). The molecule has 2 aromatic rings. The lowest BCUT2D eigenvalue weighted by Gasteiger charge is -2.22. The number of carboxylic acids is 1. The number of carbonyl (C=O) groups is 2. The molecule has 0 amide bonds. The number of benzene rings is 2. The highest BCUT2D eigenvalue weighted by molar-refractivity contribution is 7.59. The first-order valence-corrected chi connectivity index (χ1v) is 11.6. The molecular weight excluding hydrogens is 391 g/mol. The summed E-state index contributed by atoms with van der Waals surface area (Å²) in [4.78, 5) is 23.5. The Morgan fingerprint density at radius 3 is 2.03 bits per heavy atom. The largest absolute Gasteiger partial charge is 0.481 e. The molecule has 0 radical (unpaired) electrons. The number of carboxylic acid groups (broad SMARTS) is 1. The molecule has 0 saturated heterocycles. The molecule has 2 aromatic carbocycles. The Labute approximate surface area is 171 Å². The Morgan fingerprint density at radius 2 is 1.52 bits per heavy atom. The zero-order valence-electron chi connectivity index (χ0n) is 16.5. The Bertz CT molecular complexity index is 822. The first-order chi connectivity index (χ1) is 13.9. The minimum atomic E-state index is -3.34. The molecule has 2 atom stereocenters. The lowest BCUT2D eigenvalue weighted by Crippen LogP contribution is -2.22. The molecule has 0 spiro atoms. The second-order valence-corrected chi connectivity index (χ2v) is 9.52. The van der Waals surface area contributed by atoms with E-state index in [0.717, 1.165) is 11.1 Å². The molecule has 0 aliphatic rings. The third-order valence-corrected chi connectivity index (χ3v) is 7.03. The van der Waals surface area contributed by atoms with Gasteiger partial charge in [0.25, 0.3) is 0 Å². The molecule has 0 heterocycles. The zero-order chi connectivity index (χ0) is 21.1. The average molecular weight is 418 g/mol. The molecule has 0 aromatic heterocycles. The highest BCUT2D eigenvalue weighted by atomic mass is 31.2. The third-order valence-electron chi connectivity index (χ3n) is 4.52. The van der Waals surface area contributed by atoms with Gasteiger partial charge in [0.05, 0.1) is 18.9 Å². The fraction of sp³-hybridized carbons (Fsp3) is 0.364. The molecule has 0 fully saturated rings. The highest BCUT2D eigenvalue weighted by Gasteiger charge is 2.32. The molecule has 0 saturated carbocycles. The second-order valence-electron chi connectivity index (χ2n) is 6.82. The fourth-order valence-electron chi connectivity index (χ4n) is 2.79. The minimum absolute atomic E-state index is 0.0305. The van der Waals surface area contributed by atoms with Crippen LogP contribution in [0.3, 0.4) is 0 Å². The molecule has 2 unspecified atom stereocenters. The highest BCUT2D eigenvalue weighted by Crippen LogP contribution is 2.50. The maximum Gasteiger partial charge on any atom is 0.309 e. The Hall–Kier alpha value is -2.43. The quantitative estimate of drug-likeness (QED) is 0.396. The Morgan fingerprint density at radius 1 is 0.966 bits per heavy atom. The van der Waals surface area contributed by atoms with E-state index in [4.69, 9.17) is 14.4 Å². The number of carbonyl (C=O) groups excluding carboxylic acids is 1. The first kappa shape index (κ1) is 22.9. The van der Waals surface area contributed by atoms with Crippen LogP contribution in [0, 0.1) is 5.92 Å². The van der Waals surface area contributed by atoms with Crippen LogP contribution in [0.4, 0.5) is 0 Å². The van der Waals surface area contributed by atoms with E-state index in [2.05, 4.69) is 0 Å². The molecule has 0 bridgehead atoms. The van der Waals surface area contributed by atoms with Gasteiger partial charge in [-0.2, -0.15) is 0 Å². The van der Waals surface area contributed by atoms with E-state index in [1.54, 1.807) is 0 Å². The Balaban J connectivity index is 2.02. The molecule has 6 nitrogen and oxygen atoms in total. The van der Waals surface area contributed by atoms with Gasteiger partial charge in [-0.15, -0.1) is 0 Å². The van der Waals surface area contributed by atoms with Crippen LogP contribution in [0.5, 0.6) is 0 Å². The summed E-state index contributed by atoms with van der Waals surface area (Å²) in [6.07, 6.45) is 0.00974. The Kier molecular flexibility index (Phi) is 9.10. The van der Waals surface area contributed by atoms with Gasteiger partial charge in [-0.25, -0.2) is 0 Å². The summed E-state index contributed by atoms with van der Waals surface area (Å²) in [5, 5.41) is 9.00. The summed E-state index contributed by atoms with van der Waals surface area (Å²) in [5.41, 5.74) is 1.70. The van der Waals surface area contributed by atoms with Crippen LogP contribution in [-0.2, 0) is 36.6 Å². The lowest BCUT2D eigenvalue weighted by atomic mass is 10.1. The summed E-state index contributed by atoms with van der Waals surface area (Å²) in [5.74, 6) is -2.11. The van der Waals surface area contributed by atoms with E-state index in [9.17, 15) is 14.2 Å². The van der Waals surface area contributed by atoms with Crippen molar-refractivity contribution >= 4 is 19.3 Å². The molecule has 156 valence electrons. The molecule has 0 aliphatic carbocycles. The van der Waals surface area contributed by atoms with Gasteiger partial charge in [0, 0.05) is 12.3 Å². The summed E-state index contributed by atoms with van der Waals surface area (Å²) < 4.78 is 24.4. The molecule has 1 N–H and O–H groups in total. The van der Waals surface area contributed by atoms with Crippen LogP contribution in [0.15, 0.2) is 60.7 Å². The predicted molar refractivity (Wildman–Crippen MR) is 111 cm³/mol. The first-order valence-electron chi connectivity index (χ1n) is 9.61. The number of aliphatic carboxylic acids is 1. The topological polar surface area (TPSA) is 89.9 Å². The predicted octanol–water partition coefficient (Wildman–Crippen LogP) is 4.73. The van der Waals surface area contributed by atoms with Gasteiger partial charge in [0.2, 0.25) is 7.37 Å². The van der Waals surface area contributed by atoms with Crippen molar-refractivity contribution in [2.75, 3.05) is 12.3 Å². The van der Waals surface area contributed by atoms with Crippen LogP contribution in [0.2, 0.25) is 0 Å². The number of esters is 1. The van der Waals surface area contributed by atoms with E-state index in [1.165, 1.54) is 0 Å². The third kappa shape index (κ3) is 8.22. The molecule has 29 heavy (non-hydrogen) atoms. The maximum atomic E-state index is 13.3. The van der Waals surface area contributed by atoms with E-state index in [-0.39, 0.29) is 32.0 Å². The van der Waals surface area contributed by atoms with Crippen LogP contribution >= 0.6 is 7.37 Å². The molecule has 7 heteroatoms. The molecular formula is C22H27O6P. The molecule has 0 aliphatic heterocycles. The van der Waals surface area contributed by atoms with Crippen molar-refractivity contribution in [3.63, 3.8) is 0 Å². The van der Waals surface area contributed by atoms with Crippen molar-refractivity contribution in [3.05, 3.63) is 71.8 Å². The van der Waals surface area contributed by atoms with E-state index in [0.29, 0.717) is 6.42 Å². The van der Waals surface area contributed by atoms with Gasteiger partial charge in [-0.05, 0) is 17.5 Å². The van der Waals surface area contributed by atoms with Gasteiger partial charge in [0.15, 0.2) is 0 Å². The SMILES string of the molecule is CCC(CP(=O)(CCC(=O)O)OCc1ccccc1)C(=O)OCc1ccccc1. The van der Waals surface area contributed by atoms with Gasteiger partial charge in [-0.3, -0.25) is 14.2 Å². The van der Waals surface area contributed by atoms with Crippen LogP contribution < -0.4 is 0 Å². The summed E-state index contributed by atoms with van der Waals surface area (Å²) in [6.45, 7) is 2.06. The van der Waals surface area contributed by atoms with E-state index in [1.807, 2.05) is 67.6 Å². The molecule has 2 rings (SSSR count). The normalized spacial score (nSPS) is 14.0. The average Bonchev–Trinajstić information content (AvgIpc) is 2.74. The minimum Gasteiger partial charge on any atom is -0.481 e. The number of hydrogen-bond donors (Lipinski definition) is 1. The number of rotatable bonds is 12. The van der Waals surface area contributed by atoms with Crippen molar-refractivity contribution in [3.8, 4) is 0 Å². The summed E-state index contributed by atoms with van der Waals surface area (Å²) >= 11 is 0. The van der Waals surface area contributed by atoms with Crippen molar-refractivity contribution < 1.29 is 28.5 Å². The monoisotopic (exact) mass is 418 g/mol.